The average Bonchev–Trinajstić information content (AvgIpc) is 2.98. The number of nitrogens with one attached hydrogen (secondary N) is 1. The smallest absolute Gasteiger partial charge is 0.234 e. The summed E-state index contributed by atoms with van der Waals surface area (Å²) < 4.78 is 6.83. The maximum absolute atomic E-state index is 10.9. The summed E-state index contributed by atoms with van der Waals surface area (Å²) in [4.78, 5) is 10.9. The van der Waals surface area contributed by atoms with E-state index in [2.05, 4.69) is 15.6 Å². The number of amides is 1. The topological polar surface area (TPSA) is 99.0 Å². The summed E-state index contributed by atoms with van der Waals surface area (Å²) >= 11 is 0. The fourth-order valence-electron chi connectivity index (χ4n) is 1.32. The highest BCUT2D eigenvalue weighted by Gasteiger charge is 2.04. The van der Waals surface area contributed by atoms with Crippen molar-refractivity contribution in [2.75, 3.05) is 6.54 Å². The standard InChI is InChI=1S/C10H13N5O2/c11-4-10(16)12-5-8-6-15(14-13-8)7-9-2-1-3-17-9/h1-3,6H,4-5,7,11H2,(H,12,16). The maximum atomic E-state index is 10.9. The molecule has 0 saturated heterocycles. The van der Waals surface area contributed by atoms with Gasteiger partial charge in [-0.3, -0.25) is 4.79 Å². The second-order valence-electron chi connectivity index (χ2n) is 3.47. The molecule has 3 N–H and O–H groups in total. The zero-order valence-corrected chi connectivity index (χ0v) is 9.17. The fraction of sp³-hybridized carbons (Fsp3) is 0.300. The molecule has 0 atom stereocenters. The summed E-state index contributed by atoms with van der Waals surface area (Å²) in [6, 6.07) is 3.67. The van der Waals surface area contributed by atoms with E-state index in [-0.39, 0.29) is 12.5 Å². The van der Waals surface area contributed by atoms with Crippen molar-refractivity contribution in [2.24, 2.45) is 5.73 Å². The molecule has 0 radical (unpaired) electrons. The predicted molar refractivity (Wildman–Crippen MR) is 58.7 cm³/mol. The van der Waals surface area contributed by atoms with Crippen LogP contribution in [0.15, 0.2) is 29.0 Å². The molecule has 2 aromatic rings. The molecular formula is C10H13N5O2. The van der Waals surface area contributed by atoms with E-state index in [9.17, 15) is 4.79 Å². The Bertz CT molecular complexity index is 477. The predicted octanol–water partition coefficient (Wildman–Crippen LogP) is -0.506. The van der Waals surface area contributed by atoms with E-state index < -0.39 is 0 Å². The summed E-state index contributed by atoms with van der Waals surface area (Å²) in [7, 11) is 0. The van der Waals surface area contributed by atoms with Crippen LogP contribution in [0.4, 0.5) is 0 Å². The lowest BCUT2D eigenvalue weighted by Gasteiger charge is -1.98. The first kappa shape index (κ1) is 11.3. The molecule has 7 nitrogen and oxygen atoms in total. The monoisotopic (exact) mass is 235 g/mol. The molecule has 0 aliphatic carbocycles. The van der Waals surface area contributed by atoms with Crippen LogP contribution in [0.2, 0.25) is 0 Å². The molecule has 17 heavy (non-hydrogen) atoms. The first-order valence-corrected chi connectivity index (χ1v) is 5.16. The summed E-state index contributed by atoms with van der Waals surface area (Å²) in [5, 5.41) is 10.5. The first-order chi connectivity index (χ1) is 8.28. The molecule has 90 valence electrons. The number of carbonyl (C=O) groups is 1. The van der Waals surface area contributed by atoms with Crippen molar-refractivity contribution in [3.8, 4) is 0 Å². The lowest BCUT2D eigenvalue weighted by atomic mass is 10.4. The number of rotatable bonds is 5. The van der Waals surface area contributed by atoms with Crippen LogP contribution in [0, 0.1) is 0 Å². The quantitative estimate of drug-likeness (QED) is 0.727. The average molecular weight is 235 g/mol. The van der Waals surface area contributed by atoms with Crippen LogP contribution in [0.5, 0.6) is 0 Å². The third-order valence-corrected chi connectivity index (χ3v) is 2.14. The molecule has 0 bridgehead atoms. The third kappa shape index (κ3) is 3.15. The lowest BCUT2D eigenvalue weighted by molar-refractivity contribution is -0.119. The molecule has 2 aromatic heterocycles. The molecule has 0 fully saturated rings. The second kappa shape index (κ2) is 5.26. The summed E-state index contributed by atoms with van der Waals surface area (Å²) in [5.41, 5.74) is 5.85. The first-order valence-electron chi connectivity index (χ1n) is 5.16. The highest BCUT2D eigenvalue weighted by atomic mass is 16.3. The molecule has 0 spiro atoms. The van der Waals surface area contributed by atoms with Gasteiger partial charge >= 0.3 is 0 Å². The second-order valence-corrected chi connectivity index (χ2v) is 3.47. The van der Waals surface area contributed by atoms with Crippen molar-refractivity contribution in [1.82, 2.24) is 20.3 Å². The van der Waals surface area contributed by atoms with E-state index >= 15 is 0 Å². The van der Waals surface area contributed by atoms with E-state index in [1.165, 1.54) is 0 Å². The van der Waals surface area contributed by atoms with Gasteiger partial charge in [0.15, 0.2) is 0 Å². The highest BCUT2D eigenvalue weighted by Crippen LogP contribution is 2.02. The van der Waals surface area contributed by atoms with Crippen molar-refractivity contribution in [1.29, 1.82) is 0 Å². The van der Waals surface area contributed by atoms with E-state index in [0.717, 1.165) is 5.76 Å². The van der Waals surface area contributed by atoms with Gasteiger partial charge in [-0.25, -0.2) is 4.68 Å². The van der Waals surface area contributed by atoms with Crippen molar-refractivity contribution >= 4 is 5.91 Å². The van der Waals surface area contributed by atoms with Gasteiger partial charge in [-0.05, 0) is 12.1 Å². The van der Waals surface area contributed by atoms with Crippen molar-refractivity contribution in [2.45, 2.75) is 13.1 Å². The Hall–Kier alpha value is -2.15. The fourth-order valence-corrected chi connectivity index (χ4v) is 1.32. The minimum Gasteiger partial charge on any atom is -0.467 e. The van der Waals surface area contributed by atoms with Crippen LogP contribution in [0.3, 0.4) is 0 Å². The Morgan fingerprint density at radius 3 is 3.18 bits per heavy atom. The zero-order valence-electron chi connectivity index (χ0n) is 9.17. The largest absolute Gasteiger partial charge is 0.467 e. The normalized spacial score (nSPS) is 10.4. The summed E-state index contributed by atoms with van der Waals surface area (Å²) in [6.07, 6.45) is 3.36. The van der Waals surface area contributed by atoms with Gasteiger partial charge in [0.25, 0.3) is 0 Å². The van der Waals surface area contributed by atoms with E-state index in [1.54, 1.807) is 17.1 Å². The molecule has 2 rings (SSSR count). The number of furan rings is 1. The van der Waals surface area contributed by atoms with Crippen LogP contribution in [-0.2, 0) is 17.9 Å². The summed E-state index contributed by atoms with van der Waals surface area (Å²) in [6.45, 7) is 0.819. The SMILES string of the molecule is NCC(=O)NCc1cn(Cc2ccco2)nn1. The maximum Gasteiger partial charge on any atom is 0.234 e. The number of hydrogen-bond acceptors (Lipinski definition) is 5. The summed E-state index contributed by atoms with van der Waals surface area (Å²) in [5.74, 6) is 0.582. The van der Waals surface area contributed by atoms with Crippen molar-refractivity contribution < 1.29 is 9.21 Å². The van der Waals surface area contributed by atoms with Gasteiger partial charge in [0, 0.05) is 0 Å². The Kier molecular flexibility index (Phi) is 3.51. The molecular weight excluding hydrogens is 222 g/mol. The molecule has 0 unspecified atom stereocenters. The Labute approximate surface area is 97.6 Å². The molecule has 7 heteroatoms. The molecule has 2 heterocycles. The van der Waals surface area contributed by atoms with Crippen LogP contribution in [0.25, 0.3) is 0 Å². The molecule has 0 aromatic carbocycles. The van der Waals surface area contributed by atoms with E-state index in [4.69, 9.17) is 10.2 Å². The van der Waals surface area contributed by atoms with Crippen LogP contribution < -0.4 is 11.1 Å². The third-order valence-electron chi connectivity index (χ3n) is 2.14. The Balaban J connectivity index is 1.90. The number of carbonyl (C=O) groups excluding carboxylic acids is 1. The lowest BCUT2D eigenvalue weighted by Crippen LogP contribution is -2.29. The molecule has 0 aliphatic heterocycles. The number of nitrogens with two attached hydrogens (primary N) is 1. The van der Waals surface area contributed by atoms with Crippen molar-refractivity contribution in [3.63, 3.8) is 0 Å². The van der Waals surface area contributed by atoms with Crippen molar-refractivity contribution in [3.05, 3.63) is 36.0 Å². The molecule has 0 saturated carbocycles. The zero-order chi connectivity index (χ0) is 12.1. The van der Waals surface area contributed by atoms with Gasteiger partial charge in [0.1, 0.15) is 18.0 Å². The minimum atomic E-state index is -0.217. The van der Waals surface area contributed by atoms with Crippen LogP contribution in [-0.4, -0.2) is 27.4 Å². The van der Waals surface area contributed by atoms with Crippen LogP contribution in [0.1, 0.15) is 11.5 Å². The number of aromatic nitrogens is 3. The van der Waals surface area contributed by atoms with Gasteiger partial charge in [0.05, 0.1) is 25.5 Å². The van der Waals surface area contributed by atoms with E-state index in [1.807, 2.05) is 12.1 Å². The molecule has 0 aliphatic rings. The Morgan fingerprint density at radius 2 is 2.47 bits per heavy atom. The van der Waals surface area contributed by atoms with Gasteiger partial charge < -0.3 is 15.5 Å². The van der Waals surface area contributed by atoms with Gasteiger partial charge in [0.2, 0.25) is 5.91 Å². The van der Waals surface area contributed by atoms with Gasteiger partial charge in [-0.2, -0.15) is 0 Å². The van der Waals surface area contributed by atoms with Gasteiger partial charge in [-0.1, -0.05) is 5.21 Å². The van der Waals surface area contributed by atoms with E-state index in [0.29, 0.717) is 18.8 Å². The van der Waals surface area contributed by atoms with Crippen LogP contribution >= 0.6 is 0 Å². The minimum absolute atomic E-state index is 0.0272. The molecule has 1 amide bonds. The van der Waals surface area contributed by atoms with Gasteiger partial charge in [-0.15, -0.1) is 5.10 Å². The number of hydrogen-bond donors (Lipinski definition) is 2. The number of nitrogens with zero attached hydrogens (tertiary/aromatic N) is 3. The Morgan fingerprint density at radius 1 is 1.59 bits per heavy atom. The highest BCUT2D eigenvalue weighted by molar-refractivity contribution is 5.77.